The Balaban J connectivity index is 2.17. The van der Waals surface area contributed by atoms with Gasteiger partial charge in [-0.25, -0.2) is 0 Å². The SMILES string of the molecule is Cc1cc(C)cc(CCC(=O)c2ccccc2C(F)(F)F)c1. The number of halogens is 3. The van der Waals surface area contributed by atoms with E-state index < -0.39 is 17.5 Å². The maximum atomic E-state index is 12.9. The van der Waals surface area contributed by atoms with Crippen LogP contribution in [-0.4, -0.2) is 5.78 Å². The highest BCUT2D eigenvalue weighted by molar-refractivity contribution is 5.97. The molecule has 0 atom stereocenters. The van der Waals surface area contributed by atoms with Gasteiger partial charge in [0, 0.05) is 12.0 Å². The van der Waals surface area contributed by atoms with Crippen LogP contribution >= 0.6 is 0 Å². The minimum atomic E-state index is -4.51. The Labute approximate surface area is 127 Å². The predicted molar refractivity (Wildman–Crippen MR) is 80.0 cm³/mol. The molecule has 0 radical (unpaired) electrons. The molecular formula is C18H17F3O. The van der Waals surface area contributed by atoms with Gasteiger partial charge < -0.3 is 0 Å². The molecule has 4 heteroatoms. The molecule has 0 aliphatic rings. The largest absolute Gasteiger partial charge is 0.417 e. The zero-order valence-corrected chi connectivity index (χ0v) is 12.5. The number of hydrogen-bond acceptors (Lipinski definition) is 1. The average Bonchev–Trinajstić information content (AvgIpc) is 2.43. The van der Waals surface area contributed by atoms with Crippen molar-refractivity contribution < 1.29 is 18.0 Å². The Hall–Kier alpha value is -2.10. The third kappa shape index (κ3) is 3.97. The van der Waals surface area contributed by atoms with E-state index in [2.05, 4.69) is 0 Å². The highest BCUT2D eigenvalue weighted by Gasteiger charge is 2.34. The van der Waals surface area contributed by atoms with Gasteiger partial charge in [0.25, 0.3) is 0 Å². The van der Waals surface area contributed by atoms with Crippen molar-refractivity contribution in [1.82, 2.24) is 0 Å². The number of rotatable bonds is 4. The number of Topliss-reactive ketones (excluding diaryl/α,β-unsaturated/α-hetero) is 1. The Morgan fingerprint density at radius 1 is 1.00 bits per heavy atom. The molecule has 2 rings (SSSR count). The summed E-state index contributed by atoms with van der Waals surface area (Å²) in [6, 6.07) is 10.9. The van der Waals surface area contributed by atoms with E-state index in [1.807, 2.05) is 32.0 Å². The number of hydrogen-bond donors (Lipinski definition) is 0. The van der Waals surface area contributed by atoms with Crippen LogP contribution in [0.15, 0.2) is 42.5 Å². The van der Waals surface area contributed by atoms with Crippen LogP contribution < -0.4 is 0 Å². The smallest absolute Gasteiger partial charge is 0.294 e. The van der Waals surface area contributed by atoms with Crippen molar-refractivity contribution in [2.75, 3.05) is 0 Å². The first kappa shape index (κ1) is 16.3. The van der Waals surface area contributed by atoms with Crippen LogP contribution in [0.5, 0.6) is 0 Å². The Morgan fingerprint density at radius 2 is 1.59 bits per heavy atom. The first-order valence-corrected chi connectivity index (χ1v) is 7.04. The number of carbonyl (C=O) groups excluding carboxylic acids is 1. The summed E-state index contributed by atoms with van der Waals surface area (Å²) in [7, 11) is 0. The van der Waals surface area contributed by atoms with Crippen LogP contribution in [-0.2, 0) is 12.6 Å². The van der Waals surface area contributed by atoms with Gasteiger partial charge in [0.1, 0.15) is 0 Å². The zero-order valence-electron chi connectivity index (χ0n) is 12.5. The second kappa shape index (κ2) is 6.34. The molecule has 2 aromatic rings. The lowest BCUT2D eigenvalue weighted by Gasteiger charge is -2.12. The first-order valence-electron chi connectivity index (χ1n) is 7.04. The molecule has 0 spiro atoms. The molecule has 0 aliphatic heterocycles. The van der Waals surface area contributed by atoms with Crippen molar-refractivity contribution in [1.29, 1.82) is 0 Å². The van der Waals surface area contributed by atoms with Crippen LogP contribution in [0.4, 0.5) is 13.2 Å². The fourth-order valence-electron chi connectivity index (χ4n) is 2.58. The molecule has 0 aromatic heterocycles. The minimum Gasteiger partial charge on any atom is -0.294 e. The highest BCUT2D eigenvalue weighted by atomic mass is 19.4. The van der Waals surface area contributed by atoms with Crippen molar-refractivity contribution in [3.63, 3.8) is 0 Å². The molecule has 0 aliphatic carbocycles. The third-order valence-corrected chi connectivity index (χ3v) is 3.46. The summed E-state index contributed by atoms with van der Waals surface area (Å²) in [5.41, 5.74) is 2.02. The average molecular weight is 306 g/mol. The summed E-state index contributed by atoms with van der Waals surface area (Å²) < 4.78 is 38.8. The lowest BCUT2D eigenvalue weighted by Crippen LogP contribution is -2.13. The van der Waals surface area contributed by atoms with Crippen LogP contribution in [0.1, 0.15) is 39.0 Å². The van der Waals surface area contributed by atoms with E-state index in [1.165, 1.54) is 18.2 Å². The predicted octanol–water partition coefficient (Wildman–Crippen LogP) is 5.14. The molecule has 2 aromatic carbocycles. The molecular weight excluding hydrogens is 289 g/mol. The van der Waals surface area contributed by atoms with Gasteiger partial charge in [-0.2, -0.15) is 13.2 Å². The molecule has 0 bridgehead atoms. The van der Waals surface area contributed by atoms with Gasteiger partial charge in [0.05, 0.1) is 5.56 Å². The minimum absolute atomic E-state index is 0.0655. The summed E-state index contributed by atoms with van der Waals surface area (Å²) in [4.78, 5) is 12.2. The number of alkyl halides is 3. The van der Waals surface area contributed by atoms with E-state index in [0.29, 0.717) is 6.42 Å². The van der Waals surface area contributed by atoms with Crippen LogP contribution in [0, 0.1) is 13.8 Å². The second-order valence-corrected chi connectivity index (χ2v) is 5.46. The fourth-order valence-corrected chi connectivity index (χ4v) is 2.58. The number of aryl methyl sites for hydroxylation is 3. The van der Waals surface area contributed by atoms with Crippen LogP contribution in [0.25, 0.3) is 0 Å². The Bertz CT molecular complexity index is 667. The quantitative estimate of drug-likeness (QED) is 0.715. The Kier molecular flexibility index (Phi) is 4.69. The number of carbonyl (C=O) groups is 1. The zero-order chi connectivity index (χ0) is 16.3. The van der Waals surface area contributed by atoms with E-state index in [0.717, 1.165) is 22.8 Å². The monoisotopic (exact) mass is 306 g/mol. The van der Waals surface area contributed by atoms with Crippen molar-refractivity contribution in [2.24, 2.45) is 0 Å². The lowest BCUT2D eigenvalue weighted by molar-refractivity contribution is -0.137. The van der Waals surface area contributed by atoms with Crippen molar-refractivity contribution in [3.05, 3.63) is 70.3 Å². The fraction of sp³-hybridized carbons (Fsp3) is 0.278. The molecule has 0 amide bonds. The van der Waals surface area contributed by atoms with Crippen molar-refractivity contribution >= 4 is 5.78 Å². The van der Waals surface area contributed by atoms with E-state index in [1.54, 1.807) is 0 Å². The van der Waals surface area contributed by atoms with Crippen LogP contribution in [0.3, 0.4) is 0 Å². The molecule has 1 nitrogen and oxygen atoms in total. The van der Waals surface area contributed by atoms with Gasteiger partial charge in [-0.05, 0) is 31.9 Å². The second-order valence-electron chi connectivity index (χ2n) is 5.46. The van der Waals surface area contributed by atoms with Gasteiger partial charge in [-0.15, -0.1) is 0 Å². The molecule has 22 heavy (non-hydrogen) atoms. The van der Waals surface area contributed by atoms with E-state index >= 15 is 0 Å². The van der Waals surface area contributed by atoms with E-state index in [4.69, 9.17) is 0 Å². The summed E-state index contributed by atoms with van der Waals surface area (Å²) in [5, 5.41) is 0. The maximum Gasteiger partial charge on any atom is 0.417 e. The van der Waals surface area contributed by atoms with E-state index in [9.17, 15) is 18.0 Å². The van der Waals surface area contributed by atoms with Gasteiger partial charge in [-0.3, -0.25) is 4.79 Å². The summed E-state index contributed by atoms with van der Waals surface area (Å²) in [6.07, 6.45) is -4.00. The molecule has 0 saturated heterocycles. The van der Waals surface area contributed by atoms with Gasteiger partial charge in [-0.1, -0.05) is 47.5 Å². The van der Waals surface area contributed by atoms with Gasteiger partial charge in [0.15, 0.2) is 5.78 Å². The third-order valence-electron chi connectivity index (χ3n) is 3.46. The molecule has 0 N–H and O–H groups in total. The van der Waals surface area contributed by atoms with Crippen molar-refractivity contribution in [3.8, 4) is 0 Å². The molecule has 0 unspecified atom stereocenters. The summed E-state index contributed by atoms with van der Waals surface area (Å²) in [5.74, 6) is -0.480. The Morgan fingerprint density at radius 3 is 2.18 bits per heavy atom. The van der Waals surface area contributed by atoms with E-state index in [-0.39, 0.29) is 12.0 Å². The standard InChI is InChI=1S/C18H17F3O/c1-12-9-13(2)11-14(10-12)7-8-17(22)15-5-3-4-6-16(15)18(19,20)21/h3-6,9-11H,7-8H2,1-2H3. The van der Waals surface area contributed by atoms with Crippen molar-refractivity contribution in [2.45, 2.75) is 32.9 Å². The maximum absolute atomic E-state index is 12.9. The van der Waals surface area contributed by atoms with Crippen LogP contribution in [0.2, 0.25) is 0 Å². The number of benzene rings is 2. The number of ketones is 1. The summed E-state index contributed by atoms with van der Waals surface area (Å²) >= 11 is 0. The lowest BCUT2D eigenvalue weighted by atomic mass is 9.97. The molecule has 0 heterocycles. The molecule has 0 fully saturated rings. The molecule has 116 valence electrons. The van der Waals surface area contributed by atoms with Gasteiger partial charge in [0.2, 0.25) is 0 Å². The highest BCUT2D eigenvalue weighted by Crippen LogP contribution is 2.32. The molecule has 0 saturated carbocycles. The summed E-state index contributed by atoms with van der Waals surface area (Å²) in [6.45, 7) is 3.91. The first-order chi connectivity index (χ1) is 10.3. The topological polar surface area (TPSA) is 17.1 Å². The normalized spacial score (nSPS) is 11.5. The van der Waals surface area contributed by atoms with Gasteiger partial charge >= 0.3 is 6.18 Å².